The monoisotopic (exact) mass is 376 g/mol. The second-order valence-corrected chi connectivity index (χ2v) is 10.1. The summed E-state index contributed by atoms with van der Waals surface area (Å²) in [6.07, 6.45) is 11.4. The smallest absolute Gasteiger partial charge is 0.120 e. The zero-order valence-corrected chi connectivity index (χ0v) is 16.9. The third-order valence-electron chi connectivity index (χ3n) is 9.01. The highest BCUT2D eigenvalue weighted by molar-refractivity contribution is 5.50. The van der Waals surface area contributed by atoms with Gasteiger partial charge in [-0.2, -0.15) is 0 Å². The van der Waals surface area contributed by atoms with Gasteiger partial charge in [-0.05, 0) is 79.4 Å². The van der Waals surface area contributed by atoms with Crippen molar-refractivity contribution in [2.75, 3.05) is 13.2 Å². The molecule has 3 fully saturated rings. The lowest BCUT2D eigenvalue weighted by Crippen LogP contribution is -2.56. The fraction of sp³-hybridized carbons (Fsp3) is 0.870. The van der Waals surface area contributed by atoms with Gasteiger partial charge in [0, 0.05) is 6.42 Å². The maximum atomic E-state index is 11.3. The fourth-order valence-electron chi connectivity index (χ4n) is 7.73. The van der Waals surface area contributed by atoms with Gasteiger partial charge in [-0.3, -0.25) is 0 Å². The first-order valence-electron chi connectivity index (χ1n) is 11.0. The highest BCUT2D eigenvalue weighted by Crippen LogP contribution is 2.66. The van der Waals surface area contributed by atoms with Crippen molar-refractivity contribution < 1.29 is 19.7 Å². The summed E-state index contributed by atoms with van der Waals surface area (Å²) in [7, 11) is 0. The van der Waals surface area contributed by atoms with Gasteiger partial charge < -0.3 is 19.7 Å². The zero-order chi connectivity index (χ0) is 19.2. The van der Waals surface area contributed by atoms with Gasteiger partial charge in [0.15, 0.2) is 0 Å². The van der Waals surface area contributed by atoms with Crippen molar-refractivity contribution in [2.24, 2.45) is 34.5 Å². The summed E-state index contributed by atoms with van der Waals surface area (Å²) in [6.45, 7) is 5.22. The molecule has 2 N–H and O–H groups in total. The van der Waals surface area contributed by atoms with Crippen molar-refractivity contribution in [2.45, 2.75) is 77.4 Å². The number of aliphatic hydroxyl groups is 2. The molecule has 0 bridgehead atoms. The Morgan fingerprint density at radius 3 is 2.85 bits per heavy atom. The van der Waals surface area contributed by atoms with Crippen LogP contribution in [0.5, 0.6) is 0 Å². The van der Waals surface area contributed by atoms with E-state index in [9.17, 15) is 9.90 Å². The largest absolute Gasteiger partial charge is 0.394 e. The number of fused-ring (bicyclic) bond motifs is 5. The summed E-state index contributed by atoms with van der Waals surface area (Å²) in [6, 6.07) is 0. The molecule has 0 saturated heterocycles. The van der Waals surface area contributed by atoms with E-state index in [0.29, 0.717) is 36.7 Å². The average molecular weight is 377 g/mol. The van der Waals surface area contributed by atoms with E-state index in [1.165, 1.54) is 12.0 Å². The molecule has 152 valence electrons. The molecular weight excluding hydrogens is 340 g/mol. The standard InChI is InChI=1S/C23H36O4/c1-22-9-7-17(27-12-11-25)13-16(22)3-5-18-19-6-4-15(8-10-24)23(19,2)14-20(26)21(18)22/h3,10,15,17-21,25-26H,4-9,11-14H2,1-2H3/t15-,17?,18+,19+,20?,21-,22+,23-/m1/s1. The lowest BCUT2D eigenvalue weighted by atomic mass is 9.46. The highest BCUT2D eigenvalue weighted by Gasteiger charge is 2.61. The average Bonchev–Trinajstić information content (AvgIpc) is 2.96. The van der Waals surface area contributed by atoms with Crippen LogP contribution in [0.25, 0.3) is 0 Å². The van der Waals surface area contributed by atoms with Crippen molar-refractivity contribution in [3.8, 4) is 0 Å². The number of aldehydes is 1. The van der Waals surface area contributed by atoms with Crippen LogP contribution in [0.4, 0.5) is 0 Å². The summed E-state index contributed by atoms with van der Waals surface area (Å²) >= 11 is 0. The quantitative estimate of drug-likeness (QED) is 0.569. The van der Waals surface area contributed by atoms with E-state index in [4.69, 9.17) is 9.84 Å². The van der Waals surface area contributed by atoms with Crippen LogP contribution < -0.4 is 0 Å². The van der Waals surface area contributed by atoms with E-state index >= 15 is 0 Å². The molecule has 27 heavy (non-hydrogen) atoms. The van der Waals surface area contributed by atoms with Crippen LogP contribution >= 0.6 is 0 Å². The van der Waals surface area contributed by atoms with Crippen molar-refractivity contribution in [1.82, 2.24) is 0 Å². The Morgan fingerprint density at radius 2 is 2.11 bits per heavy atom. The number of carbonyl (C=O) groups excluding carboxylic acids is 1. The number of allylic oxidation sites excluding steroid dienone is 1. The van der Waals surface area contributed by atoms with Crippen molar-refractivity contribution in [1.29, 1.82) is 0 Å². The van der Waals surface area contributed by atoms with E-state index in [2.05, 4.69) is 19.9 Å². The maximum Gasteiger partial charge on any atom is 0.120 e. The summed E-state index contributed by atoms with van der Waals surface area (Å²) in [4.78, 5) is 11.2. The minimum atomic E-state index is -0.271. The van der Waals surface area contributed by atoms with E-state index in [0.717, 1.165) is 44.8 Å². The SMILES string of the molecule is C[C@]12CC(O)[C@H]3[C@@H](CC=C4CC(OCCO)CC[C@@]43C)[C@@H]1CC[C@@H]2CC=O. The molecule has 0 aromatic carbocycles. The molecule has 0 aromatic rings. The van der Waals surface area contributed by atoms with Crippen LogP contribution in [0, 0.1) is 34.5 Å². The number of hydrogen-bond donors (Lipinski definition) is 2. The number of ether oxygens (including phenoxy) is 1. The van der Waals surface area contributed by atoms with Crippen molar-refractivity contribution in [3.63, 3.8) is 0 Å². The predicted octanol–water partition coefficient (Wildman–Crippen LogP) is 3.50. The lowest BCUT2D eigenvalue weighted by molar-refractivity contribution is -0.130. The first-order chi connectivity index (χ1) is 12.9. The van der Waals surface area contributed by atoms with Gasteiger partial charge in [0.25, 0.3) is 0 Å². The van der Waals surface area contributed by atoms with Crippen molar-refractivity contribution >= 4 is 6.29 Å². The van der Waals surface area contributed by atoms with Gasteiger partial charge in [0.05, 0.1) is 25.4 Å². The van der Waals surface area contributed by atoms with Crippen molar-refractivity contribution in [3.05, 3.63) is 11.6 Å². The molecule has 0 heterocycles. The first-order valence-corrected chi connectivity index (χ1v) is 11.0. The zero-order valence-electron chi connectivity index (χ0n) is 16.9. The Morgan fingerprint density at radius 1 is 1.30 bits per heavy atom. The number of rotatable bonds is 5. The van der Waals surface area contributed by atoms with Crippen LogP contribution in [-0.4, -0.2) is 41.9 Å². The predicted molar refractivity (Wildman–Crippen MR) is 104 cm³/mol. The van der Waals surface area contributed by atoms with Crippen LogP contribution in [0.3, 0.4) is 0 Å². The van der Waals surface area contributed by atoms with Gasteiger partial charge in [-0.15, -0.1) is 0 Å². The molecule has 8 atom stereocenters. The molecular formula is C23H36O4. The molecule has 0 radical (unpaired) electrons. The van der Waals surface area contributed by atoms with E-state index < -0.39 is 0 Å². The highest BCUT2D eigenvalue weighted by atomic mass is 16.5. The molecule has 4 heteroatoms. The molecule has 0 aliphatic heterocycles. The molecule has 4 rings (SSSR count). The molecule has 2 unspecified atom stereocenters. The third kappa shape index (κ3) is 3.03. The summed E-state index contributed by atoms with van der Waals surface area (Å²) in [5, 5.41) is 20.4. The fourth-order valence-corrected chi connectivity index (χ4v) is 7.73. The Balaban J connectivity index is 1.59. The first kappa shape index (κ1) is 19.6. The molecule has 0 amide bonds. The molecule has 4 nitrogen and oxygen atoms in total. The Bertz CT molecular complexity index is 601. The van der Waals surface area contributed by atoms with Gasteiger partial charge >= 0.3 is 0 Å². The van der Waals surface area contributed by atoms with Crippen LogP contribution in [0.15, 0.2) is 11.6 Å². The molecule has 0 aromatic heterocycles. The summed E-state index contributed by atoms with van der Waals surface area (Å²) in [5.41, 5.74) is 1.67. The van der Waals surface area contributed by atoms with Gasteiger partial charge in [-0.25, -0.2) is 0 Å². The normalized spacial score (nSPS) is 49.0. The summed E-state index contributed by atoms with van der Waals surface area (Å²) in [5.74, 6) is 1.95. The van der Waals surface area contributed by atoms with E-state index in [1.54, 1.807) is 0 Å². The Labute approximate surface area is 163 Å². The minimum Gasteiger partial charge on any atom is -0.394 e. The second kappa shape index (κ2) is 7.27. The second-order valence-electron chi connectivity index (χ2n) is 10.1. The molecule has 4 aliphatic rings. The topological polar surface area (TPSA) is 66.8 Å². The molecule has 0 spiro atoms. The third-order valence-corrected chi connectivity index (χ3v) is 9.01. The number of aliphatic hydroxyl groups excluding tert-OH is 2. The van der Waals surface area contributed by atoms with Crippen LogP contribution in [-0.2, 0) is 9.53 Å². The number of hydrogen-bond acceptors (Lipinski definition) is 4. The number of carbonyl (C=O) groups is 1. The summed E-state index contributed by atoms with van der Waals surface area (Å²) < 4.78 is 5.83. The molecule has 4 aliphatic carbocycles. The van der Waals surface area contributed by atoms with Gasteiger partial charge in [0.2, 0.25) is 0 Å². The minimum absolute atomic E-state index is 0.0749. The maximum absolute atomic E-state index is 11.3. The van der Waals surface area contributed by atoms with Crippen LogP contribution in [0.1, 0.15) is 65.2 Å². The lowest BCUT2D eigenvalue weighted by Gasteiger charge is -2.59. The Kier molecular flexibility index (Phi) is 5.28. The van der Waals surface area contributed by atoms with Gasteiger partial charge in [-0.1, -0.05) is 25.5 Å². The molecule has 3 saturated carbocycles. The van der Waals surface area contributed by atoms with E-state index in [-0.39, 0.29) is 29.6 Å². The van der Waals surface area contributed by atoms with Crippen LogP contribution in [0.2, 0.25) is 0 Å². The van der Waals surface area contributed by atoms with Gasteiger partial charge in [0.1, 0.15) is 6.29 Å². The Hall–Kier alpha value is -0.710. The van der Waals surface area contributed by atoms with E-state index in [1.807, 2.05) is 0 Å².